The first-order valence-electron chi connectivity index (χ1n) is 13.5. The van der Waals surface area contributed by atoms with Crippen LogP contribution in [0.1, 0.15) is 42.5 Å². The third-order valence-corrected chi connectivity index (χ3v) is 7.98. The number of hydrogen-bond acceptors (Lipinski definition) is 7. The minimum atomic E-state index is -1.54. The molecule has 1 amide bonds. The van der Waals surface area contributed by atoms with Crippen molar-refractivity contribution in [2.45, 2.75) is 49.7 Å². The first-order valence-corrected chi connectivity index (χ1v) is 13.5. The van der Waals surface area contributed by atoms with Crippen LogP contribution in [0.3, 0.4) is 0 Å². The van der Waals surface area contributed by atoms with Crippen LogP contribution in [0, 0.1) is 23.5 Å². The average Bonchev–Trinajstić information content (AvgIpc) is 2.98. The fourth-order valence-electron chi connectivity index (χ4n) is 5.64. The first kappa shape index (κ1) is 28.8. The number of carbonyl (C=O) groups excluding carboxylic acids is 2. The molecule has 0 radical (unpaired) electrons. The Morgan fingerprint density at radius 1 is 0.878 bits per heavy atom. The van der Waals surface area contributed by atoms with E-state index in [1.54, 1.807) is 29.2 Å². The lowest BCUT2D eigenvalue weighted by molar-refractivity contribution is -0.153. The minimum absolute atomic E-state index is 0.0836. The molecule has 1 aliphatic heterocycles. The number of rotatable bonds is 9. The lowest BCUT2D eigenvalue weighted by Gasteiger charge is -2.48. The van der Waals surface area contributed by atoms with Crippen LogP contribution >= 0.6 is 0 Å². The van der Waals surface area contributed by atoms with Crippen LogP contribution in [0.15, 0.2) is 72.8 Å². The van der Waals surface area contributed by atoms with Crippen molar-refractivity contribution in [2.24, 2.45) is 11.8 Å². The molecule has 4 N–H and O–H groups in total. The highest BCUT2D eigenvalue weighted by Crippen LogP contribution is 2.46. The fraction of sp³-hybridized carbons (Fsp3) is 0.355. The number of halogens is 2. The molecule has 1 saturated carbocycles. The number of carbonyl (C=O) groups is 2. The molecule has 7 atom stereocenters. The molecule has 41 heavy (non-hydrogen) atoms. The second kappa shape index (κ2) is 12.0. The summed E-state index contributed by atoms with van der Waals surface area (Å²) in [5.41, 5.74) is 1.83. The van der Waals surface area contributed by atoms with E-state index in [0.29, 0.717) is 23.4 Å². The van der Waals surface area contributed by atoms with Gasteiger partial charge in [0.25, 0.3) is 0 Å². The summed E-state index contributed by atoms with van der Waals surface area (Å²) >= 11 is 0. The van der Waals surface area contributed by atoms with Crippen LogP contribution in [0.4, 0.5) is 14.5 Å². The minimum Gasteiger partial charge on any atom is -0.487 e. The highest BCUT2D eigenvalue weighted by atomic mass is 19.1. The van der Waals surface area contributed by atoms with Gasteiger partial charge >= 0.3 is 0 Å². The average molecular weight is 568 g/mol. The van der Waals surface area contributed by atoms with E-state index in [1.165, 1.54) is 48.5 Å². The number of anilines is 1. The van der Waals surface area contributed by atoms with E-state index in [4.69, 9.17) is 4.74 Å². The van der Waals surface area contributed by atoms with E-state index in [-0.39, 0.29) is 18.7 Å². The van der Waals surface area contributed by atoms with Crippen molar-refractivity contribution in [2.75, 3.05) is 11.5 Å². The number of β-lactam (4-membered cyclic amide) rings is 1. The highest BCUT2D eigenvalue weighted by Gasteiger charge is 2.48. The van der Waals surface area contributed by atoms with Gasteiger partial charge in [-0.2, -0.15) is 0 Å². The summed E-state index contributed by atoms with van der Waals surface area (Å²) < 4.78 is 32.7. The molecule has 2 aliphatic rings. The summed E-state index contributed by atoms with van der Waals surface area (Å²) in [7, 11) is 0. The van der Waals surface area contributed by atoms with Gasteiger partial charge < -0.3 is 30.1 Å². The molecule has 1 aliphatic carbocycles. The Hall–Kier alpha value is -3.70. The third-order valence-electron chi connectivity index (χ3n) is 7.98. The maximum atomic E-state index is 13.6. The number of benzene rings is 3. The van der Waals surface area contributed by atoms with Gasteiger partial charge in [-0.3, -0.25) is 9.59 Å². The SMILES string of the molecule is O=C1[C@@H](O)[C@H](Oc2ccc([C@@H]3[C@@H](CC[C@H](O)c4ccc(F)cc4)C(=O)N3c3ccc(F)cc3)cc2)C[C@H](CO)[C@H]1O. The molecule has 3 aromatic rings. The largest absolute Gasteiger partial charge is 0.487 e. The van der Waals surface area contributed by atoms with E-state index in [1.807, 2.05) is 0 Å². The summed E-state index contributed by atoms with van der Waals surface area (Å²) in [4.78, 5) is 27.0. The second-order valence-electron chi connectivity index (χ2n) is 10.6. The van der Waals surface area contributed by atoms with E-state index >= 15 is 0 Å². The number of amides is 1. The predicted molar refractivity (Wildman–Crippen MR) is 144 cm³/mol. The Balaban J connectivity index is 1.34. The van der Waals surface area contributed by atoms with Gasteiger partial charge in [-0.25, -0.2) is 8.78 Å². The summed E-state index contributed by atoms with van der Waals surface area (Å²) in [6, 6.07) is 17.5. The maximum Gasteiger partial charge on any atom is 0.233 e. The topological polar surface area (TPSA) is 128 Å². The molecule has 2 fully saturated rings. The molecular weight excluding hydrogens is 536 g/mol. The first-order chi connectivity index (χ1) is 19.7. The molecule has 0 aromatic heterocycles. The molecule has 5 rings (SSSR count). The zero-order chi connectivity index (χ0) is 29.3. The molecule has 0 bridgehead atoms. The zero-order valence-corrected chi connectivity index (χ0v) is 22.0. The Bertz CT molecular complexity index is 1370. The van der Waals surface area contributed by atoms with Crippen molar-refractivity contribution in [3.8, 4) is 5.75 Å². The van der Waals surface area contributed by atoms with Gasteiger partial charge in [0.05, 0.1) is 18.1 Å². The molecule has 1 saturated heterocycles. The number of Topliss-reactive ketones (excluding diaryl/α,β-unsaturated/α-hetero) is 1. The van der Waals surface area contributed by atoms with Crippen molar-refractivity contribution in [1.29, 1.82) is 0 Å². The van der Waals surface area contributed by atoms with Gasteiger partial charge in [0.15, 0.2) is 11.9 Å². The van der Waals surface area contributed by atoms with Gasteiger partial charge in [0.2, 0.25) is 5.91 Å². The van der Waals surface area contributed by atoms with Gasteiger partial charge in [-0.1, -0.05) is 24.3 Å². The quantitative estimate of drug-likeness (QED) is 0.293. The number of ketones is 1. The summed E-state index contributed by atoms with van der Waals surface area (Å²) in [6.07, 6.45) is -4.13. The van der Waals surface area contributed by atoms with Crippen LogP contribution in [-0.2, 0) is 9.59 Å². The van der Waals surface area contributed by atoms with Gasteiger partial charge in [-0.05, 0) is 78.9 Å². The van der Waals surface area contributed by atoms with Gasteiger partial charge in [0.1, 0.15) is 29.6 Å². The van der Waals surface area contributed by atoms with Crippen molar-refractivity contribution < 1.29 is 43.5 Å². The van der Waals surface area contributed by atoms with E-state index in [9.17, 15) is 38.8 Å². The molecule has 216 valence electrons. The van der Waals surface area contributed by atoms with E-state index in [2.05, 4.69) is 0 Å². The van der Waals surface area contributed by atoms with Crippen LogP contribution in [0.2, 0.25) is 0 Å². The van der Waals surface area contributed by atoms with Crippen molar-refractivity contribution in [3.63, 3.8) is 0 Å². The molecule has 1 heterocycles. The Kier molecular flexibility index (Phi) is 8.46. The predicted octanol–water partition coefficient (Wildman–Crippen LogP) is 3.23. The van der Waals surface area contributed by atoms with Gasteiger partial charge in [-0.15, -0.1) is 0 Å². The second-order valence-corrected chi connectivity index (χ2v) is 10.6. The normalized spacial score (nSPS) is 26.9. The molecule has 3 aromatic carbocycles. The van der Waals surface area contributed by atoms with E-state index in [0.717, 1.165) is 5.56 Å². The zero-order valence-electron chi connectivity index (χ0n) is 22.0. The van der Waals surface area contributed by atoms with Crippen LogP contribution in [-0.4, -0.2) is 57.0 Å². The van der Waals surface area contributed by atoms with Crippen molar-refractivity contribution in [3.05, 3.63) is 95.6 Å². The molecule has 8 nitrogen and oxygen atoms in total. The Morgan fingerprint density at radius 3 is 2.10 bits per heavy atom. The Morgan fingerprint density at radius 2 is 1.49 bits per heavy atom. The van der Waals surface area contributed by atoms with Gasteiger partial charge in [0, 0.05) is 18.2 Å². The van der Waals surface area contributed by atoms with Crippen LogP contribution in [0.5, 0.6) is 5.75 Å². The number of hydrogen-bond donors (Lipinski definition) is 4. The molecule has 10 heteroatoms. The number of aliphatic hydroxyl groups excluding tert-OH is 4. The smallest absolute Gasteiger partial charge is 0.233 e. The Labute approximate surface area is 235 Å². The fourth-order valence-corrected chi connectivity index (χ4v) is 5.64. The standard InChI is InChI=1S/C31H31F2NO7/c32-20-5-1-17(2-6-20)25(36)14-13-24-27(34(31(24)40)22-9-7-21(33)8-10-22)18-3-11-23(12-4-18)41-26-15-19(16-35)28(37)30(39)29(26)38/h1-12,19,24-29,35-38H,13-16H2/t19-,24-,25+,26-,27-,28-,29+/m1/s1. The maximum absolute atomic E-state index is 13.6. The van der Waals surface area contributed by atoms with Crippen molar-refractivity contribution in [1.82, 2.24) is 0 Å². The third kappa shape index (κ3) is 5.87. The summed E-state index contributed by atoms with van der Waals surface area (Å²) in [6.45, 7) is -0.426. The monoisotopic (exact) mass is 567 g/mol. The lowest BCUT2D eigenvalue weighted by atomic mass is 9.78. The number of nitrogens with zero attached hydrogens (tertiary/aromatic N) is 1. The number of ether oxygens (including phenoxy) is 1. The molecule has 0 spiro atoms. The summed E-state index contributed by atoms with van der Waals surface area (Å²) in [5, 5.41) is 40.4. The molecular formula is C31H31F2NO7. The van der Waals surface area contributed by atoms with Crippen LogP contribution in [0.25, 0.3) is 0 Å². The number of aliphatic hydroxyl groups is 4. The lowest BCUT2D eigenvalue weighted by Crippen LogP contribution is -2.55. The highest BCUT2D eigenvalue weighted by molar-refractivity contribution is 6.03. The van der Waals surface area contributed by atoms with E-state index < -0.39 is 66.3 Å². The molecule has 0 unspecified atom stereocenters. The van der Waals surface area contributed by atoms with Crippen LogP contribution < -0.4 is 9.64 Å². The van der Waals surface area contributed by atoms with Crippen molar-refractivity contribution >= 4 is 17.4 Å². The summed E-state index contributed by atoms with van der Waals surface area (Å²) in [5.74, 6) is -2.69.